The Labute approximate surface area is 137 Å². The number of unbranched alkanes of at least 4 members (excludes halogenated alkanes) is 6. The van der Waals surface area contributed by atoms with Crippen LogP contribution in [0.3, 0.4) is 0 Å². The maximum atomic E-state index is 11.6. The van der Waals surface area contributed by atoms with E-state index in [4.69, 9.17) is 9.84 Å². The third-order valence-corrected chi connectivity index (χ3v) is 3.32. The van der Waals surface area contributed by atoms with Gasteiger partial charge in [0.1, 0.15) is 0 Å². The van der Waals surface area contributed by atoms with Gasteiger partial charge in [-0.2, -0.15) is 0 Å². The first-order valence-corrected chi connectivity index (χ1v) is 8.12. The molecule has 0 aromatic rings. The molecule has 0 fully saturated rings. The van der Waals surface area contributed by atoms with Crippen molar-refractivity contribution in [3.05, 3.63) is 12.7 Å². The smallest absolute Gasteiger partial charge is 0.347 e. The Hall–Kier alpha value is -1.85. The van der Waals surface area contributed by atoms with E-state index in [1.54, 1.807) is 0 Å². The first-order chi connectivity index (χ1) is 10.9. The molecule has 0 aliphatic heterocycles. The van der Waals surface area contributed by atoms with Gasteiger partial charge >= 0.3 is 17.9 Å². The monoisotopic (exact) mass is 328 g/mol. The highest BCUT2D eigenvalue weighted by molar-refractivity contribution is 5.82. The molecule has 132 valence electrons. The van der Waals surface area contributed by atoms with Gasteiger partial charge in [0.05, 0.1) is 0 Å². The average Bonchev–Trinajstić information content (AvgIpc) is 2.49. The molecule has 1 N–H and O–H groups in total. The van der Waals surface area contributed by atoms with Crippen molar-refractivity contribution >= 4 is 17.9 Å². The largest absolute Gasteiger partial charge is 0.479 e. The number of carbonyl (C=O) groups excluding carboxylic acids is 2. The van der Waals surface area contributed by atoms with Crippen LogP contribution in [0.25, 0.3) is 0 Å². The number of carbonyl (C=O) groups is 3. The summed E-state index contributed by atoms with van der Waals surface area (Å²) in [6, 6.07) is 0. The number of ether oxygens (including phenoxy) is 2. The van der Waals surface area contributed by atoms with Crippen LogP contribution in [-0.4, -0.2) is 35.2 Å². The van der Waals surface area contributed by atoms with E-state index in [2.05, 4.69) is 11.3 Å². The molecule has 0 aromatic heterocycles. The van der Waals surface area contributed by atoms with E-state index in [-0.39, 0.29) is 6.42 Å². The van der Waals surface area contributed by atoms with Gasteiger partial charge in [0.15, 0.2) is 12.2 Å². The second-order valence-corrected chi connectivity index (χ2v) is 5.50. The first kappa shape index (κ1) is 21.1. The molecule has 0 spiro atoms. The van der Waals surface area contributed by atoms with Crippen LogP contribution >= 0.6 is 0 Å². The second-order valence-electron chi connectivity index (χ2n) is 5.50. The topological polar surface area (TPSA) is 89.9 Å². The predicted octanol–water partition coefficient (Wildman–Crippen LogP) is 3.24. The lowest BCUT2D eigenvalue weighted by Crippen LogP contribution is -2.32. The maximum absolute atomic E-state index is 11.6. The number of hydrogen-bond donors (Lipinski definition) is 1. The van der Waals surface area contributed by atoms with Gasteiger partial charge in [-0.3, -0.25) is 4.79 Å². The summed E-state index contributed by atoms with van der Waals surface area (Å²) in [5.74, 6) is -2.57. The van der Waals surface area contributed by atoms with Crippen LogP contribution < -0.4 is 0 Å². The lowest BCUT2D eigenvalue weighted by molar-refractivity contribution is -0.174. The highest BCUT2D eigenvalue weighted by Gasteiger charge is 2.23. The SMILES string of the molecule is C=CCCCCCCCCC(=O)OC(C)C(=O)OC(C)C(=O)O. The molecule has 0 amide bonds. The zero-order chi connectivity index (χ0) is 17.7. The van der Waals surface area contributed by atoms with E-state index in [1.807, 2.05) is 6.08 Å². The van der Waals surface area contributed by atoms with Crippen LogP contribution in [0.4, 0.5) is 0 Å². The van der Waals surface area contributed by atoms with Crippen LogP contribution in [0.5, 0.6) is 0 Å². The summed E-state index contributed by atoms with van der Waals surface area (Å²) >= 11 is 0. The molecule has 0 aliphatic carbocycles. The summed E-state index contributed by atoms with van der Waals surface area (Å²) in [5, 5.41) is 8.64. The third kappa shape index (κ3) is 11.4. The normalized spacial score (nSPS) is 13.0. The quantitative estimate of drug-likeness (QED) is 0.317. The molecule has 2 unspecified atom stereocenters. The standard InChI is InChI=1S/C17H28O6/c1-4-5-6-7-8-9-10-11-12-15(18)22-14(3)17(21)23-13(2)16(19)20/h4,13-14H,1,5-12H2,2-3H3,(H,19,20). The molecule has 0 bridgehead atoms. The zero-order valence-electron chi connectivity index (χ0n) is 14.1. The highest BCUT2D eigenvalue weighted by Crippen LogP contribution is 2.10. The van der Waals surface area contributed by atoms with Crippen molar-refractivity contribution in [3.63, 3.8) is 0 Å². The van der Waals surface area contributed by atoms with Crippen molar-refractivity contribution in [3.8, 4) is 0 Å². The summed E-state index contributed by atoms with van der Waals surface area (Å²) in [7, 11) is 0. The van der Waals surface area contributed by atoms with Gasteiger partial charge < -0.3 is 14.6 Å². The summed E-state index contributed by atoms with van der Waals surface area (Å²) in [6.07, 6.45) is 7.04. The van der Waals surface area contributed by atoms with Crippen molar-refractivity contribution in [2.45, 2.75) is 77.4 Å². The number of allylic oxidation sites excluding steroid dienone is 1. The van der Waals surface area contributed by atoms with Crippen LogP contribution in [0.2, 0.25) is 0 Å². The van der Waals surface area contributed by atoms with Crippen LogP contribution in [0, 0.1) is 0 Å². The highest BCUT2D eigenvalue weighted by atomic mass is 16.6. The fourth-order valence-electron chi connectivity index (χ4n) is 1.89. The summed E-state index contributed by atoms with van der Waals surface area (Å²) in [4.78, 5) is 33.7. The Kier molecular flexibility index (Phi) is 11.7. The average molecular weight is 328 g/mol. The van der Waals surface area contributed by atoms with E-state index >= 15 is 0 Å². The summed E-state index contributed by atoms with van der Waals surface area (Å²) in [6.45, 7) is 6.28. The summed E-state index contributed by atoms with van der Waals surface area (Å²) < 4.78 is 9.58. The van der Waals surface area contributed by atoms with Gasteiger partial charge in [-0.05, 0) is 33.1 Å². The number of hydrogen-bond acceptors (Lipinski definition) is 5. The zero-order valence-corrected chi connectivity index (χ0v) is 14.1. The number of carboxylic acids is 1. The lowest BCUT2D eigenvalue weighted by atomic mass is 10.1. The molecule has 0 rings (SSSR count). The Morgan fingerprint density at radius 2 is 1.52 bits per heavy atom. The van der Waals surface area contributed by atoms with Gasteiger partial charge in [0, 0.05) is 6.42 Å². The molecule has 6 heteroatoms. The van der Waals surface area contributed by atoms with Crippen molar-refractivity contribution in [2.75, 3.05) is 0 Å². The Morgan fingerprint density at radius 1 is 0.957 bits per heavy atom. The lowest BCUT2D eigenvalue weighted by Gasteiger charge is -2.14. The van der Waals surface area contributed by atoms with Crippen LogP contribution in [0.1, 0.15) is 65.2 Å². The fourth-order valence-corrected chi connectivity index (χ4v) is 1.89. The molecular formula is C17H28O6. The van der Waals surface area contributed by atoms with E-state index in [1.165, 1.54) is 20.3 Å². The molecule has 0 saturated carbocycles. The van der Waals surface area contributed by atoms with Gasteiger partial charge in [0.25, 0.3) is 0 Å². The molecule has 6 nitrogen and oxygen atoms in total. The van der Waals surface area contributed by atoms with Gasteiger partial charge in [-0.1, -0.05) is 31.8 Å². The van der Waals surface area contributed by atoms with Gasteiger partial charge in [-0.15, -0.1) is 6.58 Å². The van der Waals surface area contributed by atoms with E-state index in [9.17, 15) is 14.4 Å². The maximum Gasteiger partial charge on any atom is 0.347 e. The van der Waals surface area contributed by atoms with Crippen LogP contribution in [0.15, 0.2) is 12.7 Å². The number of rotatable bonds is 13. The number of aliphatic carboxylic acids is 1. The van der Waals surface area contributed by atoms with Crippen molar-refractivity contribution < 1.29 is 29.0 Å². The van der Waals surface area contributed by atoms with Crippen molar-refractivity contribution in [1.82, 2.24) is 0 Å². The van der Waals surface area contributed by atoms with E-state index in [0.29, 0.717) is 6.42 Å². The molecular weight excluding hydrogens is 300 g/mol. The Bertz CT molecular complexity index is 391. The molecule has 0 saturated heterocycles. The number of esters is 2. The molecule has 23 heavy (non-hydrogen) atoms. The molecule has 2 atom stereocenters. The minimum absolute atomic E-state index is 0.249. The summed E-state index contributed by atoms with van der Waals surface area (Å²) in [5.41, 5.74) is 0. The minimum Gasteiger partial charge on any atom is -0.479 e. The molecule has 0 aliphatic rings. The fraction of sp³-hybridized carbons (Fsp3) is 0.706. The van der Waals surface area contributed by atoms with E-state index < -0.39 is 30.1 Å². The van der Waals surface area contributed by atoms with Gasteiger partial charge in [-0.25, -0.2) is 9.59 Å². The molecule has 0 radical (unpaired) electrons. The number of carboxylic acid groups (broad SMARTS) is 1. The van der Waals surface area contributed by atoms with Crippen molar-refractivity contribution in [1.29, 1.82) is 0 Å². The third-order valence-electron chi connectivity index (χ3n) is 3.32. The first-order valence-electron chi connectivity index (χ1n) is 8.12. The van der Waals surface area contributed by atoms with Gasteiger partial charge in [0.2, 0.25) is 0 Å². The molecule has 0 heterocycles. The van der Waals surface area contributed by atoms with E-state index in [0.717, 1.165) is 32.1 Å². The Morgan fingerprint density at radius 3 is 2.09 bits per heavy atom. The molecule has 0 aromatic carbocycles. The van der Waals surface area contributed by atoms with Crippen LogP contribution in [-0.2, 0) is 23.9 Å². The second kappa shape index (κ2) is 12.7. The minimum atomic E-state index is -1.26. The predicted molar refractivity (Wildman–Crippen MR) is 85.9 cm³/mol. The van der Waals surface area contributed by atoms with Crippen molar-refractivity contribution in [2.24, 2.45) is 0 Å². The Balaban J connectivity index is 3.74.